The largest absolute Gasteiger partial charge is 0.478 e. The van der Waals surface area contributed by atoms with E-state index in [9.17, 15) is 24.3 Å². The van der Waals surface area contributed by atoms with Crippen LogP contribution in [-0.4, -0.2) is 52.0 Å². The molecule has 3 aromatic carbocycles. The standard InChI is InChI=1S/C23H21ClN2O3.C4H4O4/c24-18-11-12-20(19(13-18)23(29)17-9-5-2-6-10-17)26-22(28)15-25-14-21(27)16-7-3-1-4-8-16;5-3(6)1-2-4(7)8/h1-13,21,25,27H,14-15H2,(H,26,28);1-2H,(H,5,6)(H,7,8)/b;2-1+. The Labute approximate surface area is 218 Å². The highest BCUT2D eigenvalue weighted by atomic mass is 35.5. The first-order valence-corrected chi connectivity index (χ1v) is 11.3. The number of hydrogen-bond acceptors (Lipinski definition) is 6. The normalized spacial score (nSPS) is 11.2. The van der Waals surface area contributed by atoms with Crippen molar-refractivity contribution in [1.82, 2.24) is 5.32 Å². The van der Waals surface area contributed by atoms with E-state index in [0.717, 1.165) is 5.56 Å². The van der Waals surface area contributed by atoms with E-state index in [1.54, 1.807) is 42.5 Å². The lowest BCUT2D eigenvalue weighted by atomic mass is 10.0. The summed E-state index contributed by atoms with van der Waals surface area (Å²) >= 11 is 6.06. The number of aliphatic hydroxyl groups is 1. The molecule has 3 aromatic rings. The summed E-state index contributed by atoms with van der Waals surface area (Å²) in [5, 5.41) is 31.8. The van der Waals surface area contributed by atoms with Crippen LogP contribution in [0.4, 0.5) is 5.69 Å². The molecule has 0 saturated heterocycles. The lowest BCUT2D eigenvalue weighted by Crippen LogP contribution is -2.31. The number of benzene rings is 3. The zero-order valence-electron chi connectivity index (χ0n) is 19.5. The van der Waals surface area contributed by atoms with E-state index in [2.05, 4.69) is 10.6 Å². The van der Waals surface area contributed by atoms with Crippen molar-refractivity contribution in [3.8, 4) is 0 Å². The predicted molar refractivity (Wildman–Crippen MR) is 139 cm³/mol. The second kappa shape index (κ2) is 14.9. The van der Waals surface area contributed by atoms with Crippen molar-refractivity contribution in [3.63, 3.8) is 0 Å². The minimum atomic E-state index is -1.26. The average Bonchev–Trinajstić information content (AvgIpc) is 2.89. The van der Waals surface area contributed by atoms with Crippen LogP contribution in [0, 0.1) is 0 Å². The molecule has 0 aliphatic rings. The SMILES string of the molecule is O=C(CNCC(O)c1ccccc1)Nc1ccc(Cl)cc1C(=O)c1ccccc1.O=C(O)/C=C/C(=O)O. The number of aliphatic carboxylic acids is 2. The second-order valence-corrected chi connectivity index (χ2v) is 7.94. The molecule has 0 radical (unpaired) electrons. The number of carbonyl (C=O) groups excluding carboxylic acids is 2. The number of rotatable bonds is 10. The number of halogens is 1. The molecule has 192 valence electrons. The summed E-state index contributed by atoms with van der Waals surface area (Å²) in [5.41, 5.74) is 1.99. The van der Waals surface area contributed by atoms with E-state index < -0.39 is 18.0 Å². The summed E-state index contributed by atoms with van der Waals surface area (Å²) in [6.45, 7) is 0.222. The molecule has 37 heavy (non-hydrogen) atoms. The maximum Gasteiger partial charge on any atom is 0.328 e. The molecule has 0 bridgehead atoms. The Bertz CT molecular complexity index is 1230. The molecule has 1 unspecified atom stereocenters. The molecule has 5 N–H and O–H groups in total. The van der Waals surface area contributed by atoms with Crippen LogP contribution >= 0.6 is 11.6 Å². The van der Waals surface area contributed by atoms with Crippen LogP contribution in [0.2, 0.25) is 5.02 Å². The molecule has 0 saturated carbocycles. The van der Waals surface area contributed by atoms with Crippen molar-refractivity contribution in [2.75, 3.05) is 18.4 Å². The zero-order chi connectivity index (χ0) is 27.2. The van der Waals surface area contributed by atoms with Gasteiger partial charge in [-0.15, -0.1) is 0 Å². The maximum atomic E-state index is 12.8. The van der Waals surface area contributed by atoms with Gasteiger partial charge >= 0.3 is 11.9 Å². The fourth-order valence-electron chi connectivity index (χ4n) is 3.01. The van der Waals surface area contributed by atoms with E-state index in [0.29, 0.717) is 34.0 Å². The monoisotopic (exact) mass is 524 g/mol. The molecule has 0 fully saturated rings. The molecular weight excluding hydrogens is 500 g/mol. The summed E-state index contributed by atoms with van der Waals surface area (Å²) < 4.78 is 0. The third-order valence-corrected chi connectivity index (χ3v) is 4.95. The Balaban J connectivity index is 0.000000521. The van der Waals surface area contributed by atoms with Gasteiger partial charge in [-0.3, -0.25) is 9.59 Å². The van der Waals surface area contributed by atoms with Crippen LogP contribution < -0.4 is 10.6 Å². The quantitative estimate of drug-likeness (QED) is 0.199. The molecule has 3 rings (SSSR count). The van der Waals surface area contributed by atoms with Gasteiger partial charge in [0, 0.05) is 34.8 Å². The molecule has 1 atom stereocenters. The van der Waals surface area contributed by atoms with Gasteiger partial charge in [-0.05, 0) is 23.8 Å². The highest BCUT2D eigenvalue weighted by Crippen LogP contribution is 2.23. The molecule has 0 aliphatic heterocycles. The van der Waals surface area contributed by atoms with Crippen molar-refractivity contribution in [2.45, 2.75) is 6.10 Å². The molecule has 0 heterocycles. The number of nitrogens with one attached hydrogen (secondary N) is 2. The molecule has 1 amide bonds. The van der Waals surface area contributed by atoms with Gasteiger partial charge in [0.15, 0.2) is 5.78 Å². The Kier molecular flexibility index (Phi) is 11.7. The first kappa shape index (κ1) is 28.9. The average molecular weight is 525 g/mol. The van der Waals surface area contributed by atoms with E-state index >= 15 is 0 Å². The van der Waals surface area contributed by atoms with Gasteiger partial charge in [0.1, 0.15) is 0 Å². The Morgan fingerprint density at radius 3 is 1.97 bits per heavy atom. The fourth-order valence-corrected chi connectivity index (χ4v) is 3.18. The molecule has 9 nitrogen and oxygen atoms in total. The number of carbonyl (C=O) groups is 4. The number of aliphatic hydroxyl groups excluding tert-OH is 1. The predicted octanol–water partition coefficient (Wildman–Crippen LogP) is 3.54. The van der Waals surface area contributed by atoms with Crippen LogP contribution in [-0.2, 0) is 14.4 Å². The topological polar surface area (TPSA) is 153 Å². The lowest BCUT2D eigenvalue weighted by molar-refractivity contribution is -0.134. The van der Waals surface area contributed by atoms with Crippen LogP contribution in [0.3, 0.4) is 0 Å². The first-order chi connectivity index (χ1) is 17.7. The smallest absolute Gasteiger partial charge is 0.328 e. The molecule has 0 aliphatic carbocycles. The lowest BCUT2D eigenvalue weighted by Gasteiger charge is -2.14. The van der Waals surface area contributed by atoms with Crippen molar-refractivity contribution < 1.29 is 34.5 Å². The maximum absolute atomic E-state index is 12.8. The Hall–Kier alpha value is -4.31. The number of carboxylic acids is 2. The third-order valence-electron chi connectivity index (χ3n) is 4.71. The highest BCUT2D eigenvalue weighted by Gasteiger charge is 2.16. The van der Waals surface area contributed by atoms with Crippen molar-refractivity contribution in [3.05, 3.63) is 113 Å². The highest BCUT2D eigenvalue weighted by molar-refractivity contribution is 6.31. The van der Waals surface area contributed by atoms with E-state index in [-0.39, 0.29) is 24.8 Å². The van der Waals surface area contributed by atoms with Crippen molar-refractivity contribution >= 4 is 40.9 Å². The molecule has 10 heteroatoms. The van der Waals surface area contributed by atoms with Gasteiger partial charge in [-0.25, -0.2) is 9.59 Å². The second-order valence-electron chi connectivity index (χ2n) is 7.50. The zero-order valence-corrected chi connectivity index (χ0v) is 20.3. The van der Waals surface area contributed by atoms with Crippen LogP contribution in [0.15, 0.2) is 91.0 Å². The van der Waals surface area contributed by atoms with Crippen LogP contribution in [0.1, 0.15) is 27.6 Å². The number of carboxylic acid groups (broad SMARTS) is 2. The Morgan fingerprint density at radius 2 is 1.41 bits per heavy atom. The summed E-state index contributed by atoms with van der Waals surface area (Å²) in [6, 6.07) is 22.8. The Morgan fingerprint density at radius 1 is 0.838 bits per heavy atom. The first-order valence-electron chi connectivity index (χ1n) is 10.9. The van der Waals surface area contributed by atoms with Crippen LogP contribution in [0.5, 0.6) is 0 Å². The summed E-state index contributed by atoms with van der Waals surface area (Å²) in [7, 11) is 0. The van der Waals surface area contributed by atoms with Gasteiger partial charge < -0.3 is 26.0 Å². The summed E-state index contributed by atoms with van der Waals surface area (Å²) in [6.07, 6.45) is 0.403. The van der Waals surface area contributed by atoms with E-state index in [4.69, 9.17) is 21.8 Å². The van der Waals surface area contributed by atoms with Gasteiger partial charge in [-0.2, -0.15) is 0 Å². The van der Waals surface area contributed by atoms with Gasteiger partial charge in [-0.1, -0.05) is 72.3 Å². The van der Waals surface area contributed by atoms with E-state index in [1.165, 1.54) is 0 Å². The van der Waals surface area contributed by atoms with Gasteiger partial charge in [0.05, 0.1) is 18.3 Å². The van der Waals surface area contributed by atoms with Crippen molar-refractivity contribution in [1.29, 1.82) is 0 Å². The van der Waals surface area contributed by atoms with Crippen molar-refractivity contribution in [2.24, 2.45) is 0 Å². The number of hydrogen-bond donors (Lipinski definition) is 5. The minimum Gasteiger partial charge on any atom is -0.478 e. The fraction of sp³-hybridized carbons (Fsp3) is 0.111. The van der Waals surface area contributed by atoms with E-state index in [1.807, 2.05) is 36.4 Å². The van der Waals surface area contributed by atoms with Gasteiger partial charge in [0.2, 0.25) is 5.91 Å². The molecule has 0 spiro atoms. The molecule has 0 aromatic heterocycles. The van der Waals surface area contributed by atoms with Crippen LogP contribution in [0.25, 0.3) is 0 Å². The van der Waals surface area contributed by atoms with Gasteiger partial charge in [0.25, 0.3) is 0 Å². The number of amides is 1. The third kappa shape index (κ3) is 10.5. The number of anilines is 1. The molecular formula is C27H25ClN2O7. The number of ketones is 1. The summed E-state index contributed by atoms with van der Waals surface area (Å²) in [4.78, 5) is 44.2. The minimum absolute atomic E-state index is 0.00844. The summed E-state index contributed by atoms with van der Waals surface area (Å²) in [5.74, 6) is -3.06.